The topological polar surface area (TPSA) is 65.4 Å². The molecule has 3 aromatic rings. The molecule has 0 amide bonds. The van der Waals surface area contributed by atoms with Crippen LogP contribution in [0.15, 0.2) is 53.8 Å². The lowest BCUT2D eigenvalue weighted by Crippen LogP contribution is -2.13. The smallest absolute Gasteiger partial charge is 0.195 e. The Morgan fingerprint density at radius 3 is 2.76 bits per heavy atom. The first kappa shape index (κ1) is 13.9. The van der Waals surface area contributed by atoms with Crippen LogP contribution in [0.1, 0.15) is 11.6 Å². The normalized spacial score (nSPS) is 12.5. The molecule has 0 saturated carbocycles. The van der Waals surface area contributed by atoms with Gasteiger partial charge in [0.05, 0.1) is 7.11 Å². The van der Waals surface area contributed by atoms with Crippen molar-refractivity contribution in [2.75, 3.05) is 12.9 Å². The fourth-order valence-corrected chi connectivity index (χ4v) is 2.94. The third kappa shape index (κ3) is 3.01. The number of hydrogen-bond donors (Lipinski definition) is 1. The van der Waals surface area contributed by atoms with Crippen molar-refractivity contribution in [1.29, 1.82) is 0 Å². The van der Waals surface area contributed by atoms with Gasteiger partial charge in [-0.25, -0.2) is 0 Å². The zero-order valence-electron chi connectivity index (χ0n) is 11.6. The average molecular weight is 300 g/mol. The molecule has 0 fully saturated rings. The second-order valence-corrected chi connectivity index (χ2v) is 5.59. The maximum atomic E-state index is 6.23. The van der Waals surface area contributed by atoms with E-state index in [9.17, 15) is 0 Å². The van der Waals surface area contributed by atoms with Crippen LogP contribution in [0.25, 0.3) is 5.65 Å². The molecule has 2 heterocycles. The molecule has 6 heteroatoms. The standard InChI is InChI=1S/C15H16N4OS/c1-20-12-7-5-11(6-8-12)13(16)10-21-15-18-17-14-4-2-3-9-19(14)15/h2-9,13H,10,16H2,1H3. The number of nitrogens with two attached hydrogens (primary N) is 1. The predicted molar refractivity (Wildman–Crippen MR) is 83.6 cm³/mol. The lowest BCUT2D eigenvalue weighted by Gasteiger charge is -2.11. The summed E-state index contributed by atoms with van der Waals surface area (Å²) in [5.74, 6) is 1.57. The average Bonchev–Trinajstić information content (AvgIpc) is 2.96. The Morgan fingerprint density at radius 2 is 2.00 bits per heavy atom. The monoisotopic (exact) mass is 300 g/mol. The van der Waals surface area contributed by atoms with Gasteiger partial charge in [0, 0.05) is 18.0 Å². The van der Waals surface area contributed by atoms with E-state index in [1.54, 1.807) is 18.9 Å². The fourth-order valence-electron chi connectivity index (χ4n) is 2.03. The summed E-state index contributed by atoms with van der Waals surface area (Å²) in [5, 5.41) is 9.17. The number of pyridine rings is 1. The summed E-state index contributed by atoms with van der Waals surface area (Å²) in [6.07, 6.45) is 1.95. The quantitative estimate of drug-likeness (QED) is 0.734. The van der Waals surface area contributed by atoms with Crippen LogP contribution in [0.5, 0.6) is 5.75 Å². The molecule has 0 aliphatic carbocycles. The van der Waals surface area contributed by atoms with Gasteiger partial charge in [0.1, 0.15) is 5.75 Å². The van der Waals surface area contributed by atoms with Crippen LogP contribution in [0.3, 0.4) is 0 Å². The van der Waals surface area contributed by atoms with E-state index in [0.717, 1.165) is 27.9 Å². The largest absolute Gasteiger partial charge is 0.497 e. The first-order valence-corrected chi connectivity index (χ1v) is 7.58. The second kappa shape index (κ2) is 6.15. The zero-order chi connectivity index (χ0) is 14.7. The van der Waals surface area contributed by atoms with E-state index in [-0.39, 0.29) is 6.04 Å². The highest BCUT2D eigenvalue weighted by Gasteiger charge is 2.10. The van der Waals surface area contributed by atoms with Gasteiger partial charge in [-0.1, -0.05) is 30.0 Å². The van der Waals surface area contributed by atoms with Gasteiger partial charge in [0.25, 0.3) is 0 Å². The third-order valence-electron chi connectivity index (χ3n) is 3.22. The first-order chi connectivity index (χ1) is 10.3. The molecule has 1 unspecified atom stereocenters. The van der Waals surface area contributed by atoms with Gasteiger partial charge in [-0.3, -0.25) is 4.40 Å². The molecule has 2 aromatic heterocycles. The van der Waals surface area contributed by atoms with Crippen molar-refractivity contribution in [1.82, 2.24) is 14.6 Å². The molecule has 0 aliphatic heterocycles. The highest BCUT2D eigenvalue weighted by molar-refractivity contribution is 7.99. The molecule has 0 radical (unpaired) electrons. The van der Waals surface area contributed by atoms with E-state index < -0.39 is 0 Å². The Morgan fingerprint density at radius 1 is 1.19 bits per heavy atom. The summed E-state index contributed by atoms with van der Waals surface area (Å²) in [7, 11) is 1.65. The Hall–Kier alpha value is -2.05. The van der Waals surface area contributed by atoms with Crippen LogP contribution in [-0.2, 0) is 0 Å². The molecule has 0 spiro atoms. The highest BCUT2D eigenvalue weighted by atomic mass is 32.2. The van der Waals surface area contributed by atoms with Crippen LogP contribution in [-0.4, -0.2) is 27.5 Å². The van der Waals surface area contributed by atoms with Crippen molar-refractivity contribution in [3.05, 3.63) is 54.2 Å². The van der Waals surface area contributed by atoms with Crippen molar-refractivity contribution in [3.63, 3.8) is 0 Å². The Balaban J connectivity index is 1.68. The van der Waals surface area contributed by atoms with Crippen molar-refractivity contribution < 1.29 is 4.74 Å². The summed E-state index contributed by atoms with van der Waals surface area (Å²) in [6, 6.07) is 13.6. The number of rotatable bonds is 5. The van der Waals surface area contributed by atoms with Gasteiger partial charge in [-0.2, -0.15) is 0 Å². The van der Waals surface area contributed by atoms with Gasteiger partial charge in [-0.05, 0) is 29.8 Å². The van der Waals surface area contributed by atoms with Gasteiger partial charge >= 0.3 is 0 Å². The SMILES string of the molecule is COc1ccc(C(N)CSc2nnc3ccccn23)cc1. The van der Waals surface area contributed by atoms with E-state index in [1.165, 1.54) is 0 Å². The minimum atomic E-state index is -0.0584. The Kier molecular flexibility index (Phi) is 4.08. The van der Waals surface area contributed by atoms with Crippen LogP contribution >= 0.6 is 11.8 Å². The van der Waals surface area contributed by atoms with Crippen LogP contribution in [0.2, 0.25) is 0 Å². The molecule has 108 valence electrons. The van der Waals surface area contributed by atoms with E-state index >= 15 is 0 Å². The Labute approximate surface area is 127 Å². The lowest BCUT2D eigenvalue weighted by molar-refractivity contribution is 0.414. The van der Waals surface area contributed by atoms with E-state index in [0.29, 0.717) is 0 Å². The van der Waals surface area contributed by atoms with Crippen LogP contribution < -0.4 is 10.5 Å². The van der Waals surface area contributed by atoms with Crippen LogP contribution in [0, 0.1) is 0 Å². The Bertz CT molecular complexity index is 726. The van der Waals surface area contributed by atoms with Crippen molar-refractivity contribution in [2.45, 2.75) is 11.2 Å². The maximum Gasteiger partial charge on any atom is 0.195 e. The molecular formula is C15H16N4OS. The van der Waals surface area contributed by atoms with Crippen LogP contribution in [0.4, 0.5) is 0 Å². The zero-order valence-corrected chi connectivity index (χ0v) is 12.5. The molecule has 21 heavy (non-hydrogen) atoms. The van der Waals surface area contributed by atoms with Gasteiger partial charge in [0.2, 0.25) is 0 Å². The first-order valence-electron chi connectivity index (χ1n) is 6.60. The minimum absolute atomic E-state index is 0.0584. The number of methoxy groups -OCH3 is 1. The number of aromatic nitrogens is 3. The molecule has 0 bridgehead atoms. The molecule has 5 nitrogen and oxygen atoms in total. The number of thioether (sulfide) groups is 1. The second-order valence-electron chi connectivity index (χ2n) is 4.60. The van der Waals surface area contributed by atoms with Gasteiger partial charge in [-0.15, -0.1) is 10.2 Å². The third-order valence-corrected chi connectivity index (χ3v) is 4.28. The van der Waals surface area contributed by atoms with Gasteiger partial charge < -0.3 is 10.5 Å². The summed E-state index contributed by atoms with van der Waals surface area (Å²) < 4.78 is 7.11. The summed E-state index contributed by atoms with van der Waals surface area (Å²) in [5.41, 5.74) is 8.15. The predicted octanol–water partition coefficient (Wildman–Crippen LogP) is 2.53. The molecule has 1 aromatic carbocycles. The maximum absolute atomic E-state index is 6.23. The summed E-state index contributed by atoms with van der Waals surface area (Å²) >= 11 is 1.60. The minimum Gasteiger partial charge on any atom is -0.497 e. The van der Waals surface area contributed by atoms with Crippen molar-refractivity contribution >= 4 is 17.4 Å². The van der Waals surface area contributed by atoms with Crippen molar-refractivity contribution in [2.24, 2.45) is 5.73 Å². The summed E-state index contributed by atoms with van der Waals surface area (Å²) in [4.78, 5) is 0. The summed E-state index contributed by atoms with van der Waals surface area (Å²) in [6.45, 7) is 0. The van der Waals surface area contributed by atoms with E-state index in [2.05, 4.69) is 10.2 Å². The van der Waals surface area contributed by atoms with E-state index in [4.69, 9.17) is 10.5 Å². The lowest BCUT2D eigenvalue weighted by atomic mass is 10.1. The number of benzene rings is 1. The molecule has 2 N–H and O–H groups in total. The number of ether oxygens (including phenoxy) is 1. The number of nitrogens with zero attached hydrogens (tertiary/aromatic N) is 3. The fraction of sp³-hybridized carbons (Fsp3) is 0.200. The molecule has 0 saturated heterocycles. The highest BCUT2D eigenvalue weighted by Crippen LogP contribution is 2.23. The number of hydrogen-bond acceptors (Lipinski definition) is 5. The number of fused-ring (bicyclic) bond motifs is 1. The molecule has 3 rings (SSSR count). The molecule has 1 atom stereocenters. The molecular weight excluding hydrogens is 284 g/mol. The van der Waals surface area contributed by atoms with Crippen molar-refractivity contribution in [3.8, 4) is 5.75 Å². The molecule has 0 aliphatic rings. The van der Waals surface area contributed by atoms with Gasteiger partial charge in [0.15, 0.2) is 10.8 Å². The van der Waals surface area contributed by atoms with E-state index in [1.807, 2.05) is 53.1 Å².